The van der Waals surface area contributed by atoms with E-state index in [9.17, 15) is 5.11 Å². The third-order valence-corrected chi connectivity index (χ3v) is 3.85. The lowest BCUT2D eigenvalue weighted by atomic mass is 10.0. The number of benzene rings is 1. The van der Waals surface area contributed by atoms with Gasteiger partial charge in [-0.05, 0) is 31.9 Å². The van der Waals surface area contributed by atoms with Gasteiger partial charge in [0.25, 0.3) is 0 Å². The summed E-state index contributed by atoms with van der Waals surface area (Å²) in [7, 11) is 0. The quantitative estimate of drug-likeness (QED) is 0.833. The molecule has 0 spiro atoms. The maximum Gasteiger partial charge on any atom is 0.137 e. The Labute approximate surface area is 116 Å². The van der Waals surface area contributed by atoms with Gasteiger partial charge in [0.05, 0.1) is 13.1 Å². The van der Waals surface area contributed by atoms with Crippen LogP contribution in [0.4, 0.5) is 0 Å². The number of hydrogen-bond donors (Lipinski definition) is 2. The lowest BCUT2D eigenvalue weighted by molar-refractivity contribution is -0.911. The molecule has 1 saturated heterocycles. The Bertz CT molecular complexity index is 377. The Kier molecular flexibility index (Phi) is 5.23. The first-order valence-corrected chi connectivity index (χ1v) is 7.34. The van der Waals surface area contributed by atoms with Crippen molar-refractivity contribution in [3.05, 3.63) is 29.8 Å². The van der Waals surface area contributed by atoms with E-state index in [0.29, 0.717) is 6.61 Å². The molecule has 0 aliphatic carbocycles. The number of hydrogen-bond acceptors (Lipinski definition) is 2. The molecule has 2 N–H and O–H groups in total. The van der Waals surface area contributed by atoms with Crippen LogP contribution in [0.2, 0.25) is 0 Å². The maximum absolute atomic E-state index is 10.1. The molecule has 1 aromatic carbocycles. The molecule has 1 heterocycles. The highest BCUT2D eigenvalue weighted by atomic mass is 16.5. The summed E-state index contributed by atoms with van der Waals surface area (Å²) in [5.74, 6) is 1.63. The lowest BCUT2D eigenvalue weighted by Crippen LogP contribution is -3.14. The number of rotatable bonds is 5. The van der Waals surface area contributed by atoms with E-state index in [4.69, 9.17) is 4.74 Å². The van der Waals surface area contributed by atoms with Gasteiger partial charge in [-0.25, -0.2) is 0 Å². The average Bonchev–Trinajstić information content (AvgIpc) is 2.38. The predicted molar refractivity (Wildman–Crippen MR) is 76.6 cm³/mol. The van der Waals surface area contributed by atoms with Crippen LogP contribution in [0.15, 0.2) is 24.3 Å². The van der Waals surface area contributed by atoms with Crippen molar-refractivity contribution in [3.63, 3.8) is 0 Å². The Hall–Kier alpha value is -1.06. The van der Waals surface area contributed by atoms with E-state index in [0.717, 1.165) is 18.2 Å². The molecule has 0 saturated carbocycles. The predicted octanol–water partition coefficient (Wildman–Crippen LogP) is 1.05. The summed E-state index contributed by atoms with van der Waals surface area (Å²) in [6.45, 7) is 7.92. The number of ether oxygens (including phenoxy) is 1. The molecule has 0 bridgehead atoms. The molecule has 2 rings (SSSR count). The molecule has 1 fully saturated rings. The number of nitrogens with one attached hydrogen (secondary N) is 1. The summed E-state index contributed by atoms with van der Waals surface area (Å²) in [6.07, 6.45) is 2.24. The summed E-state index contributed by atoms with van der Waals surface area (Å²) in [5, 5.41) is 10.1. The zero-order chi connectivity index (χ0) is 13.7. The molecule has 1 aromatic rings. The lowest BCUT2D eigenvalue weighted by Gasteiger charge is -2.29. The average molecular weight is 264 g/mol. The molecule has 3 atom stereocenters. The van der Waals surface area contributed by atoms with Crippen LogP contribution >= 0.6 is 0 Å². The van der Waals surface area contributed by atoms with E-state index in [1.165, 1.54) is 36.4 Å². The smallest absolute Gasteiger partial charge is 0.137 e. The number of aliphatic hydroxyl groups is 1. The molecular weight excluding hydrogens is 238 g/mol. The minimum atomic E-state index is -0.374. The van der Waals surface area contributed by atoms with Crippen LogP contribution in [0, 0.1) is 12.8 Å². The largest absolute Gasteiger partial charge is 0.491 e. The van der Waals surface area contributed by atoms with Gasteiger partial charge in [0.2, 0.25) is 0 Å². The normalized spacial score (nSPS) is 25.0. The van der Waals surface area contributed by atoms with E-state index in [1.807, 2.05) is 24.3 Å². The molecule has 19 heavy (non-hydrogen) atoms. The van der Waals surface area contributed by atoms with Crippen molar-refractivity contribution in [2.24, 2.45) is 5.92 Å². The molecule has 0 radical (unpaired) electrons. The Morgan fingerprint density at radius 2 is 2.11 bits per heavy atom. The number of quaternary nitrogens is 1. The SMILES string of the molecule is Cc1ccc(OC[C@@H](O)C[NH+]2CCC[C@H](C)C2)cc1. The van der Waals surface area contributed by atoms with E-state index in [-0.39, 0.29) is 6.10 Å². The van der Waals surface area contributed by atoms with Gasteiger partial charge in [-0.1, -0.05) is 24.6 Å². The fourth-order valence-electron chi connectivity index (χ4n) is 2.80. The van der Waals surface area contributed by atoms with Crippen molar-refractivity contribution in [1.82, 2.24) is 0 Å². The van der Waals surface area contributed by atoms with Crippen molar-refractivity contribution < 1.29 is 14.7 Å². The van der Waals surface area contributed by atoms with E-state index in [2.05, 4.69) is 13.8 Å². The summed E-state index contributed by atoms with van der Waals surface area (Å²) in [6, 6.07) is 7.97. The van der Waals surface area contributed by atoms with E-state index < -0.39 is 0 Å². The minimum Gasteiger partial charge on any atom is -0.491 e. The monoisotopic (exact) mass is 264 g/mol. The Balaban J connectivity index is 1.72. The molecule has 1 unspecified atom stereocenters. The van der Waals surface area contributed by atoms with Crippen LogP contribution in [-0.2, 0) is 0 Å². The van der Waals surface area contributed by atoms with Gasteiger partial charge in [0, 0.05) is 5.92 Å². The van der Waals surface area contributed by atoms with E-state index >= 15 is 0 Å². The van der Waals surface area contributed by atoms with Gasteiger partial charge < -0.3 is 14.7 Å². The zero-order valence-electron chi connectivity index (χ0n) is 12.1. The second kappa shape index (κ2) is 6.92. The molecule has 1 aliphatic rings. The fraction of sp³-hybridized carbons (Fsp3) is 0.625. The zero-order valence-corrected chi connectivity index (χ0v) is 12.1. The number of likely N-dealkylation sites (tertiary alicyclic amines) is 1. The Morgan fingerprint density at radius 3 is 2.79 bits per heavy atom. The maximum atomic E-state index is 10.1. The third-order valence-electron chi connectivity index (χ3n) is 3.85. The van der Waals surface area contributed by atoms with Crippen LogP contribution in [-0.4, -0.2) is 37.5 Å². The van der Waals surface area contributed by atoms with E-state index in [1.54, 1.807) is 0 Å². The minimum absolute atomic E-state index is 0.374. The van der Waals surface area contributed by atoms with Gasteiger partial charge >= 0.3 is 0 Å². The summed E-state index contributed by atoms with van der Waals surface area (Å²) in [5.41, 5.74) is 1.22. The first kappa shape index (κ1) is 14.4. The molecule has 0 amide bonds. The second-order valence-electron chi connectivity index (χ2n) is 5.93. The van der Waals surface area contributed by atoms with Crippen LogP contribution < -0.4 is 9.64 Å². The highest BCUT2D eigenvalue weighted by molar-refractivity contribution is 5.26. The summed E-state index contributed by atoms with van der Waals surface area (Å²) >= 11 is 0. The molecule has 1 aliphatic heterocycles. The van der Waals surface area contributed by atoms with Crippen LogP contribution in [0.5, 0.6) is 5.75 Å². The molecular formula is C16H26NO2+. The molecule has 3 nitrogen and oxygen atoms in total. The third kappa shape index (κ3) is 4.84. The first-order chi connectivity index (χ1) is 9.13. The van der Waals surface area contributed by atoms with Crippen molar-refractivity contribution >= 4 is 0 Å². The number of aliphatic hydroxyl groups excluding tert-OH is 1. The Morgan fingerprint density at radius 1 is 1.37 bits per heavy atom. The van der Waals surface area contributed by atoms with Gasteiger partial charge in [0.15, 0.2) is 0 Å². The fourth-order valence-corrected chi connectivity index (χ4v) is 2.80. The molecule has 0 aromatic heterocycles. The van der Waals surface area contributed by atoms with Crippen molar-refractivity contribution in [2.45, 2.75) is 32.8 Å². The van der Waals surface area contributed by atoms with Gasteiger partial charge in [0.1, 0.15) is 25.0 Å². The van der Waals surface area contributed by atoms with Gasteiger partial charge in [-0.2, -0.15) is 0 Å². The second-order valence-corrected chi connectivity index (χ2v) is 5.93. The molecule has 106 valence electrons. The number of piperidine rings is 1. The van der Waals surface area contributed by atoms with Crippen molar-refractivity contribution in [3.8, 4) is 5.75 Å². The van der Waals surface area contributed by atoms with Gasteiger partial charge in [-0.15, -0.1) is 0 Å². The highest BCUT2D eigenvalue weighted by Crippen LogP contribution is 2.11. The highest BCUT2D eigenvalue weighted by Gasteiger charge is 2.22. The van der Waals surface area contributed by atoms with Crippen LogP contribution in [0.25, 0.3) is 0 Å². The summed E-state index contributed by atoms with van der Waals surface area (Å²) < 4.78 is 5.63. The van der Waals surface area contributed by atoms with Crippen molar-refractivity contribution in [1.29, 1.82) is 0 Å². The summed E-state index contributed by atoms with van der Waals surface area (Å²) in [4.78, 5) is 1.51. The standard InChI is InChI=1S/C16H25NO2/c1-13-5-7-16(8-6-13)19-12-15(18)11-17-9-3-4-14(2)10-17/h5-8,14-15,18H,3-4,9-12H2,1-2H3/p+1/t14-,15-/m0/s1. The topological polar surface area (TPSA) is 33.9 Å². The van der Waals surface area contributed by atoms with Gasteiger partial charge in [-0.3, -0.25) is 0 Å². The number of aryl methyl sites for hydroxylation is 1. The first-order valence-electron chi connectivity index (χ1n) is 7.34. The van der Waals surface area contributed by atoms with Crippen LogP contribution in [0.1, 0.15) is 25.3 Å². The van der Waals surface area contributed by atoms with Crippen LogP contribution in [0.3, 0.4) is 0 Å². The van der Waals surface area contributed by atoms with Crippen molar-refractivity contribution in [2.75, 3.05) is 26.2 Å². The molecule has 3 heteroatoms.